The second-order valence-electron chi connectivity index (χ2n) is 7.02. The van der Waals surface area contributed by atoms with Crippen molar-refractivity contribution in [3.8, 4) is 0 Å². The van der Waals surface area contributed by atoms with Crippen LogP contribution < -0.4 is 10.6 Å². The van der Waals surface area contributed by atoms with Crippen LogP contribution in [-0.2, 0) is 16.0 Å². The van der Waals surface area contributed by atoms with Gasteiger partial charge in [0.05, 0.1) is 12.1 Å². The molecular weight excluding hydrogens is 316 g/mol. The fourth-order valence-corrected chi connectivity index (χ4v) is 3.43. The number of nitrogens with one attached hydrogen (secondary N) is 2. The summed E-state index contributed by atoms with van der Waals surface area (Å²) in [6.07, 6.45) is 4.99. The normalized spacial score (nSPS) is 19.0. The summed E-state index contributed by atoms with van der Waals surface area (Å²) in [5, 5.41) is 5.77. The van der Waals surface area contributed by atoms with Crippen LogP contribution in [0, 0.1) is 5.92 Å². The fraction of sp³-hybridized carbons (Fsp3) is 0.632. The van der Waals surface area contributed by atoms with Crippen molar-refractivity contribution in [3.05, 3.63) is 30.1 Å². The van der Waals surface area contributed by atoms with E-state index in [2.05, 4.69) is 34.4 Å². The molecule has 2 atom stereocenters. The van der Waals surface area contributed by atoms with E-state index in [1.54, 1.807) is 13.2 Å². The molecule has 2 rings (SSSR count). The fourth-order valence-electron chi connectivity index (χ4n) is 3.43. The van der Waals surface area contributed by atoms with E-state index in [4.69, 9.17) is 0 Å². The Morgan fingerprint density at radius 3 is 2.80 bits per heavy atom. The molecule has 2 unspecified atom stereocenters. The Bertz CT molecular complexity index is 562. The standard InChI is InChI=1S/C19H30N4O2/c1-14(2)13-17(18(24)20-3)23-12-6-8-16(23)19(25)22-11-9-15-7-4-5-10-21-15/h4-5,7,10,14,16-17H,6,8-9,11-13H2,1-3H3,(H,20,24)(H,22,25). The molecule has 0 aliphatic carbocycles. The summed E-state index contributed by atoms with van der Waals surface area (Å²) in [4.78, 5) is 31.3. The SMILES string of the molecule is CNC(=O)C(CC(C)C)N1CCCC1C(=O)NCCc1ccccn1. The Kier molecular flexibility index (Phi) is 7.37. The monoisotopic (exact) mass is 346 g/mol. The van der Waals surface area contributed by atoms with E-state index in [0.29, 0.717) is 18.9 Å². The molecule has 25 heavy (non-hydrogen) atoms. The van der Waals surface area contributed by atoms with Crippen molar-refractivity contribution < 1.29 is 9.59 Å². The summed E-state index contributed by atoms with van der Waals surface area (Å²) < 4.78 is 0. The molecule has 1 aliphatic heterocycles. The van der Waals surface area contributed by atoms with E-state index in [9.17, 15) is 9.59 Å². The molecule has 1 aromatic rings. The molecule has 1 fully saturated rings. The van der Waals surface area contributed by atoms with Crippen molar-refractivity contribution in [1.82, 2.24) is 20.5 Å². The Morgan fingerprint density at radius 2 is 2.16 bits per heavy atom. The van der Waals surface area contributed by atoms with Crippen LogP contribution in [-0.4, -0.2) is 53.9 Å². The minimum absolute atomic E-state index is 0.00175. The second kappa shape index (κ2) is 9.51. The zero-order valence-corrected chi connectivity index (χ0v) is 15.5. The largest absolute Gasteiger partial charge is 0.358 e. The predicted molar refractivity (Wildman–Crippen MR) is 98.0 cm³/mol. The first-order valence-corrected chi connectivity index (χ1v) is 9.18. The zero-order chi connectivity index (χ0) is 18.2. The molecule has 6 nitrogen and oxygen atoms in total. The third-order valence-electron chi connectivity index (χ3n) is 4.65. The van der Waals surface area contributed by atoms with Crippen LogP contribution in [0.5, 0.6) is 0 Å². The van der Waals surface area contributed by atoms with Crippen LogP contribution in [0.25, 0.3) is 0 Å². The smallest absolute Gasteiger partial charge is 0.237 e. The number of pyridine rings is 1. The molecular formula is C19H30N4O2. The van der Waals surface area contributed by atoms with Gasteiger partial charge >= 0.3 is 0 Å². The summed E-state index contributed by atoms with van der Waals surface area (Å²) in [5.74, 6) is 0.420. The Morgan fingerprint density at radius 1 is 1.36 bits per heavy atom. The van der Waals surface area contributed by atoms with Crippen molar-refractivity contribution in [2.75, 3.05) is 20.1 Å². The van der Waals surface area contributed by atoms with Gasteiger partial charge < -0.3 is 10.6 Å². The topological polar surface area (TPSA) is 74.3 Å². The van der Waals surface area contributed by atoms with Gasteiger partial charge in [-0.1, -0.05) is 19.9 Å². The van der Waals surface area contributed by atoms with E-state index >= 15 is 0 Å². The number of rotatable bonds is 8. The molecule has 0 radical (unpaired) electrons. The van der Waals surface area contributed by atoms with Crippen molar-refractivity contribution in [3.63, 3.8) is 0 Å². The van der Waals surface area contributed by atoms with E-state index in [0.717, 1.165) is 31.5 Å². The summed E-state index contributed by atoms with van der Waals surface area (Å²) in [6.45, 7) is 5.57. The van der Waals surface area contributed by atoms with Gasteiger partial charge in [-0.25, -0.2) is 0 Å². The summed E-state index contributed by atoms with van der Waals surface area (Å²) in [5.41, 5.74) is 0.967. The molecule has 0 saturated carbocycles. The second-order valence-corrected chi connectivity index (χ2v) is 7.02. The van der Waals surface area contributed by atoms with Crippen LogP contribution in [0.2, 0.25) is 0 Å². The lowest BCUT2D eigenvalue weighted by atomic mass is 10.0. The van der Waals surface area contributed by atoms with Crippen LogP contribution in [0.1, 0.15) is 38.8 Å². The number of carbonyl (C=O) groups excluding carboxylic acids is 2. The average Bonchev–Trinajstić information content (AvgIpc) is 3.09. The summed E-state index contributed by atoms with van der Waals surface area (Å²) >= 11 is 0. The predicted octanol–water partition coefficient (Wildman–Crippen LogP) is 1.37. The lowest BCUT2D eigenvalue weighted by molar-refractivity contribution is -0.131. The molecule has 6 heteroatoms. The number of hydrogen-bond donors (Lipinski definition) is 2. The van der Waals surface area contributed by atoms with Crippen LogP contribution in [0.3, 0.4) is 0 Å². The minimum Gasteiger partial charge on any atom is -0.358 e. The maximum Gasteiger partial charge on any atom is 0.237 e. The molecule has 0 spiro atoms. The average molecular weight is 346 g/mol. The van der Waals surface area contributed by atoms with Gasteiger partial charge in [0.15, 0.2) is 0 Å². The molecule has 2 heterocycles. The lowest BCUT2D eigenvalue weighted by Gasteiger charge is -2.32. The first-order valence-electron chi connectivity index (χ1n) is 9.18. The van der Waals surface area contributed by atoms with Crippen molar-refractivity contribution in [2.24, 2.45) is 5.92 Å². The van der Waals surface area contributed by atoms with Gasteiger partial charge in [-0.3, -0.25) is 19.5 Å². The number of likely N-dealkylation sites (tertiary alicyclic amines) is 1. The van der Waals surface area contributed by atoms with Gasteiger partial charge in [-0.2, -0.15) is 0 Å². The molecule has 2 amide bonds. The number of carbonyl (C=O) groups is 2. The summed E-state index contributed by atoms with van der Waals surface area (Å²) in [7, 11) is 1.66. The van der Waals surface area contributed by atoms with Gasteiger partial charge in [-0.05, 0) is 43.9 Å². The molecule has 1 aliphatic rings. The van der Waals surface area contributed by atoms with Gasteiger partial charge in [0.25, 0.3) is 0 Å². The summed E-state index contributed by atoms with van der Waals surface area (Å²) in [6, 6.07) is 5.33. The van der Waals surface area contributed by atoms with Gasteiger partial charge in [-0.15, -0.1) is 0 Å². The number of amides is 2. The third kappa shape index (κ3) is 5.53. The van der Waals surface area contributed by atoms with E-state index < -0.39 is 0 Å². The molecule has 1 saturated heterocycles. The van der Waals surface area contributed by atoms with Gasteiger partial charge in [0.1, 0.15) is 0 Å². The quantitative estimate of drug-likeness (QED) is 0.745. The van der Waals surface area contributed by atoms with Gasteiger partial charge in [0.2, 0.25) is 11.8 Å². The molecule has 1 aromatic heterocycles. The highest BCUT2D eigenvalue weighted by Gasteiger charge is 2.38. The van der Waals surface area contributed by atoms with Crippen LogP contribution >= 0.6 is 0 Å². The highest BCUT2D eigenvalue weighted by molar-refractivity contribution is 5.85. The Hall–Kier alpha value is -1.95. The van der Waals surface area contributed by atoms with Crippen molar-refractivity contribution in [1.29, 1.82) is 0 Å². The highest BCUT2D eigenvalue weighted by atomic mass is 16.2. The highest BCUT2D eigenvalue weighted by Crippen LogP contribution is 2.24. The lowest BCUT2D eigenvalue weighted by Crippen LogP contribution is -2.53. The van der Waals surface area contributed by atoms with Crippen molar-refractivity contribution >= 4 is 11.8 Å². The number of likely N-dealkylation sites (N-methyl/N-ethyl adjacent to an activating group) is 1. The molecule has 0 bridgehead atoms. The number of hydrogen-bond acceptors (Lipinski definition) is 4. The van der Waals surface area contributed by atoms with E-state index in [1.165, 1.54) is 0 Å². The van der Waals surface area contributed by atoms with E-state index in [1.807, 2.05) is 18.2 Å². The Balaban J connectivity index is 1.93. The minimum atomic E-state index is -0.237. The maximum atomic E-state index is 12.6. The first-order chi connectivity index (χ1) is 12.0. The molecule has 0 aromatic carbocycles. The Labute approximate surface area is 150 Å². The number of aromatic nitrogens is 1. The van der Waals surface area contributed by atoms with Crippen LogP contribution in [0.15, 0.2) is 24.4 Å². The van der Waals surface area contributed by atoms with Crippen molar-refractivity contribution in [2.45, 2.75) is 51.6 Å². The first kappa shape index (κ1) is 19.4. The zero-order valence-electron chi connectivity index (χ0n) is 15.5. The maximum absolute atomic E-state index is 12.6. The van der Waals surface area contributed by atoms with E-state index in [-0.39, 0.29) is 23.9 Å². The number of nitrogens with zero attached hydrogens (tertiary/aromatic N) is 2. The molecule has 138 valence electrons. The van der Waals surface area contributed by atoms with Gasteiger partial charge in [0, 0.05) is 31.9 Å². The third-order valence-corrected chi connectivity index (χ3v) is 4.65. The molecule has 2 N–H and O–H groups in total. The van der Waals surface area contributed by atoms with Crippen LogP contribution in [0.4, 0.5) is 0 Å².